The van der Waals surface area contributed by atoms with Gasteiger partial charge in [0.05, 0.1) is 4.90 Å². The van der Waals surface area contributed by atoms with Gasteiger partial charge in [-0.15, -0.1) is 0 Å². The maximum absolute atomic E-state index is 13.5. The Labute approximate surface area is 191 Å². The molecule has 3 aliphatic rings. The highest BCUT2D eigenvalue weighted by Gasteiger charge is 2.40. The number of rotatable bonds is 4. The number of carbonyl (C=O) groups is 2. The molecule has 2 heterocycles. The van der Waals surface area contributed by atoms with Gasteiger partial charge in [0.25, 0.3) is 0 Å². The predicted octanol–water partition coefficient (Wildman–Crippen LogP) is 3.37. The maximum atomic E-state index is 13.5. The highest BCUT2D eigenvalue weighted by molar-refractivity contribution is 7.89. The summed E-state index contributed by atoms with van der Waals surface area (Å²) in [5.41, 5.74) is 1.65. The van der Waals surface area contributed by atoms with E-state index >= 15 is 0 Å². The van der Waals surface area contributed by atoms with Crippen LogP contribution >= 0.6 is 0 Å². The average molecular weight is 462 g/mol. The summed E-state index contributed by atoms with van der Waals surface area (Å²) >= 11 is 0. The third kappa shape index (κ3) is 4.57. The van der Waals surface area contributed by atoms with Gasteiger partial charge in [0.1, 0.15) is 6.04 Å². The Morgan fingerprint density at radius 3 is 2.38 bits per heavy atom. The standard InChI is InChI=1S/C24H35N3O4S/c1-17-15-19-16-21(12-13-22(19)27(17)18(2)28)32(30,31)26-14-8-11-23(26)24(29)25-20-9-6-4-3-5-7-10-20/h12-13,16-17,20,23H,3-11,14-15H2,1-2H3,(H,25,29). The van der Waals surface area contributed by atoms with Crippen molar-refractivity contribution in [1.82, 2.24) is 9.62 Å². The zero-order chi connectivity index (χ0) is 22.9. The Balaban J connectivity index is 1.51. The first-order valence-electron chi connectivity index (χ1n) is 12.0. The van der Waals surface area contributed by atoms with Crippen LogP contribution in [0.25, 0.3) is 0 Å². The number of nitrogens with zero attached hydrogens (tertiary/aromatic N) is 2. The number of amides is 2. The topological polar surface area (TPSA) is 86.8 Å². The van der Waals surface area contributed by atoms with Crippen molar-refractivity contribution in [2.45, 2.75) is 101 Å². The van der Waals surface area contributed by atoms with Crippen molar-refractivity contribution in [3.8, 4) is 0 Å². The molecule has 0 spiro atoms. The molecule has 1 aliphatic carbocycles. The van der Waals surface area contributed by atoms with Crippen molar-refractivity contribution in [1.29, 1.82) is 0 Å². The molecule has 0 aromatic heterocycles. The van der Waals surface area contributed by atoms with Crippen molar-refractivity contribution < 1.29 is 18.0 Å². The molecule has 2 atom stereocenters. The van der Waals surface area contributed by atoms with Gasteiger partial charge >= 0.3 is 0 Å². The Kier molecular flexibility index (Phi) is 6.91. The van der Waals surface area contributed by atoms with Gasteiger partial charge in [-0.05, 0) is 62.8 Å². The fraction of sp³-hybridized carbons (Fsp3) is 0.667. The quantitative estimate of drug-likeness (QED) is 0.745. The van der Waals surface area contributed by atoms with Crippen molar-refractivity contribution in [3.05, 3.63) is 23.8 Å². The Morgan fingerprint density at radius 1 is 1.00 bits per heavy atom. The van der Waals surface area contributed by atoms with Gasteiger partial charge in [0.2, 0.25) is 21.8 Å². The monoisotopic (exact) mass is 461 g/mol. The first-order chi connectivity index (χ1) is 15.3. The molecule has 2 aliphatic heterocycles. The molecule has 2 unspecified atom stereocenters. The largest absolute Gasteiger partial charge is 0.352 e. The molecule has 1 saturated heterocycles. The van der Waals surface area contributed by atoms with Gasteiger partial charge in [-0.1, -0.05) is 32.1 Å². The van der Waals surface area contributed by atoms with E-state index in [9.17, 15) is 18.0 Å². The summed E-state index contributed by atoms with van der Waals surface area (Å²) in [6, 6.07) is 4.50. The summed E-state index contributed by atoms with van der Waals surface area (Å²) in [6.45, 7) is 3.85. The highest BCUT2D eigenvalue weighted by atomic mass is 32.2. The second kappa shape index (κ2) is 9.51. The zero-order valence-corrected chi connectivity index (χ0v) is 20.0. The summed E-state index contributed by atoms with van der Waals surface area (Å²) in [7, 11) is -3.79. The van der Waals surface area contributed by atoms with Crippen molar-refractivity contribution in [2.24, 2.45) is 0 Å². The maximum Gasteiger partial charge on any atom is 0.243 e. The van der Waals surface area contributed by atoms with Crippen molar-refractivity contribution >= 4 is 27.5 Å². The minimum Gasteiger partial charge on any atom is -0.352 e. The van der Waals surface area contributed by atoms with Crippen LogP contribution in [0.2, 0.25) is 0 Å². The van der Waals surface area contributed by atoms with Gasteiger partial charge < -0.3 is 10.2 Å². The summed E-state index contributed by atoms with van der Waals surface area (Å²) in [5, 5.41) is 3.16. The third-order valence-electron chi connectivity index (χ3n) is 7.17. The van der Waals surface area contributed by atoms with Crippen LogP contribution in [0.4, 0.5) is 5.69 Å². The summed E-state index contributed by atoms with van der Waals surface area (Å²) in [5.74, 6) is -0.202. The Hall–Kier alpha value is -1.93. The molecule has 1 aromatic rings. The van der Waals surface area contributed by atoms with E-state index in [1.54, 1.807) is 23.1 Å². The number of fused-ring (bicyclic) bond motifs is 1. The van der Waals surface area contributed by atoms with Crippen LogP contribution in [0.3, 0.4) is 0 Å². The molecule has 1 saturated carbocycles. The molecular formula is C24H35N3O4S. The highest BCUT2D eigenvalue weighted by Crippen LogP contribution is 2.35. The molecule has 0 bridgehead atoms. The first-order valence-corrected chi connectivity index (χ1v) is 13.5. The number of sulfonamides is 1. The van der Waals surface area contributed by atoms with Crippen LogP contribution in [0.5, 0.6) is 0 Å². The van der Waals surface area contributed by atoms with E-state index in [0.717, 1.165) is 36.9 Å². The SMILES string of the molecule is CC(=O)N1c2ccc(S(=O)(=O)N3CCCC3C(=O)NC3CCCCCCC3)cc2CC1C. The van der Waals surface area contributed by atoms with E-state index < -0.39 is 16.1 Å². The molecular weight excluding hydrogens is 426 g/mol. The lowest BCUT2D eigenvalue weighted by molar-refractivity contribution is -0.125. The van der Waals surface area contributed by atoms with E-state index in [4.69, 9.17) is 0 Å². The third-order valence-corrected chi connectivity index (χ3v) is 9.07. The van der Waals surface area contributed by atoms with Crippen LogP contribution in [0, 0.1) is 0 Å². The Morgan fingerprint density at radius 2 is 1.69 bits per heavy atom. The number of benzene rings is 1. The van der Waals surface area contributed by atoms with Gasteiger partial charge in [0, 0.05) is 31.2 Å². The van der Waals surface area contributed by atoms with E-state index in [1.807, 2.05) is 6.92 Å². The predicted molar refractivity (Wildman–Crippen MR) is 124 cm³/mol. The number of hydrogen-bond acceptors (Lipinski definition) is 4. The fourth-order valence-corrected chi connectivity index (χ4v) is 7.28. The molecule has 32 heavy (non-hydrogen) atoms. The van der Waals surface area contributed by atoms with Crippen LogP contribution in [-0.2, 0) is 26.0 Å². The zero-order valence-electron chi connectivity index (χ0n) is 19.2. The molecule has 8 heteroatoms. The van der Waals surface area contributed by atoms with Crippen LogP contribution in [0.1, 0.15) is 77.2 Å². The van der Waals surface area contributed by atoms with E-state index in [2.05, 4.69) is 5.32 Å². The lowest BCUT2D eigenvalue weighted by Gasteiger charge is -2.27. The lowest BCUT2D eigenvalue weighted by Crippen LogP contribution is -2.48. The summed E-state index contributed by atoms with van der Waals surface area (Å²) < 4.78 is 28.4. The number of nitrogens with one attached hydrogen (secondary N) is 1. The van der Waals surface area contributed by atoms with Crippen LogP contribution < -0.4 is 10.2 Å². The first kappa shape index (κ1) is 23.2. The summed E-state index contributed by atoms with van der Waals surface area (Å²) in [6.07, 6.45) is 9.71. The van der Waals surface area contributed by atoms with Gasteiger partial charge in [0.15, 0.2) is 0 Å². The smallest absolute Gasteiger partial charge is 0.243 e. The van der Waals surface area contributed by atoms with E-state index in [1.165, 1.54) is 30.5 Å². The van der Waals surface area contributed by atoms with Crippen LogP contribution in [0.15, 0.2) is 23.1 Å². The van der Waals surface area contributed by atoms with E-state index in [0.29, 0.717) is 25.8 Å². The number of hydrogen-bond donors (Lipinski definition) is 1. The minimum atomic E-state index is -3.79. The van der Waals surface area contributed by atoms with Crippen molar-refractivity contribution in [2.75, 3.05) is 11.4 Å². The lowest BCUT2D eigenvalue weighted by atomic mass is 9.96. The van der Waals surface area contributed by atoms with Crippen LogP contribution in [-0.4, -0.2) is 49.2 Å². The Bertz CT molecular complexity index is 969. The molecule has 176 valence electrons. The fourth-order valence-electron chi connectivity index (χ4n) is 5.57. The number of anilines is 1. The van der Waals surface area contributed by atoms with E-state index in [-0.39, 0.29) is 28.8 Å². The second-order valence-electron chi connectivity index (χ2n) is 9.56. The van der Waals surface area contributed by atoms with Crippen molar-refractivity contribution in [3.63, 3.8) is 0 Å². The molecule has 1 aromatic carbocycles. The molecule has 1 N–H and O–H groups in total. The normalized spacial score (nSPS) is 25.2. The average Bonchev–Trinajstić information content (AvgIpc) is 3.33. The molecule has 7 nitrogen and oxygen atoms in total. The molecule has 2 amide bonds. The summed E-state index contributed by atoms with van der Waals surface area (Å²) in [4.78, 5) is 27.0. The molecule has 0 radical (unpaired) electrons. The van der Waals surface area contributed by atoms with Gasteiger partial charge in [-0.2, -0.15) is 4.31 Å². The molecule has 4 rings (SSSR count). The molecule has 2 fully saturated rings. The number of carbonyl (C=O) groups excluding carboxylic acids is 2. The minimum absolute atomic E-state index is 0.00884. The van der Waals surface area contributed by atoms with Gasteiger partial charge in [-0.3, -0.25) is 9.59 Å². The second-order valence-corrected chi connectivity index (χ2v) is 11.4. The van der Waals surface area contributed by atoms with Gasteiger partial charge in [-0.25, -0.2) is 8.42 Å².